The smallest absolute Gasteiger partial charge is 0.258 e. The summed E-state index contributed by atoms with van der Waals surface area (Å²) in [6, 6.07) is 14.1. The Kier molecular flexibility index (Phi) is 5.48. The number of nitrogens with zero attached hydrogens (tertiary/aromatic N) is 3. The van der Waals surface area contributed by atoms with Crippen molar-refractivity contribution in [3.8, 4) is 11.1 Å². The van der Waals surface area contributed by atoms with Crippen molar-refractivity contribution < 1.29 is 14.7 Å². The Hall–Kier alpha value is -3.78. The van der Waals surface area contributed by atoms with Crippen LogP contribution >= 0.6 is 0 Å². The summed E-state index contributed by atoms with van der Waals surface area (Å²) in [5.41, 5.74) is 4.36. The fourth-order valence-corrected chi connectivity index (χ4v) is 6.55. The third kappa shape index (κ3) is 3.47. The number of fused-ring (bicyclic) bond motifs is 4. The van der Waals surface area contributed by atoms with Gasteiger partial charge in [-0.3, -0.25) is 19.4 Å². The normalized spacial score (nSPS) is 24.3. The van der Waals surface area contributed by atoms with Crippen LogP contribution in [0.1, 0.15) is 29.8 Å². The van der Waals surface area contributed by atoms with Crippen molar-refractivity contribution in [2.24, 2.45) is 11.8 Å². The highest BCUT2D eigenvalue weighted by atomic mass is 16.3. The van der Waals surface area contributed by atoms with Gasteiger partial charge in [0.1, 0.15) is 6.04 Å². The maximum absolute atomic E-state index is 13.6. The van der Waals surface area contributed by atoms with E-state index in [0.29, 0.717) is 17.8 Å². The summed E-state index contributed by atoms with van der Waals surface area (Å²) in [5, 5.41) is 13.6. The maximum atomic E-state index is 13.6. The number of carbonyl (C=O) groups is 2. The molecule has 184 valence electrons. The zero-order chi connectivity index (χ0) is 25.0. The van der Waals surface area contributed by atoms with Crippen molar-refractivity contribution in [3.63, 3.8) is 0 Å². The lowest BCUT2D eigenvalue weighted by Gasteiger charge is -2.31. The Morgan fingerprint density at radius 1 is 1.06 bits per heavy atom. The molecular weight excluding hydrogens is 456 g/mol. The summed E-state index contributed by atoms with van der Waals surface area (Å²) in [6.45, 7) is 1.56. The van der Waals surface area contributed by atoms with Crippen LogP contribution in [-0.4, -0.2) is 50.1 Å². The number of rotatable bonds is 4. The fraction of sp³-hybridized carbons (Fsp3) is 0.357. The Bertz CT molecular complexity index is 1380. The summed E-state index contributed by atoms with van der Waals surface area (Å²) >= 11 is 0. The second kappa shape index (κ2) is 8.71. The number of amides is 2. The third-order valence-electron chi connectivity index (χ3n) is 8.10. The van der Waals surface area contributed by atoms with Crippen LogP contribution in [0.3, 0.4) is 0 Å². The quantitative estimate of drug-likeness (QED) is 0.587. The molecule has 0 bridgehead atoms. The minimum atomic E-state index is -0.782. The van der Waals surface area contributed by atoms with E-state index >= 15 is 0 Å². The van der Waals surface area contributed by atoms with Gasteiger partial charge in [-0.1, -0.05) is 24.3 Å². The van der Waals surface area contributed by atoms with Gasteiger partial charge in [-0.2, -0.15) is 0 Å². The van der Waals surface area contributed by atoms with Gasteiger partial charge in [-0.05, 0) is 53.8 Å². The Morgan fingerprint density at radius 2 is 1.75 bits per heavy atom. The number of carbonyl (C=O) groups excluding carboxylic acids is 2. The highest BCUT2D eigenvalue weighted by molar-refractivity contribution is 5.89. The van der Waals surface area contributed by atoms with Gasteiger partial charge in [0.25, 0.3) is 5.56 Å². The van der Waals surface area contributed by atoms with Crippen molar-refractivity contribution >= 4 is 11.8 Å². The molecule has 0 unspecified atom stereocenters. The Labute approximate surface area is 208 Å². The average Bonchev–Trinajstić information content (AvgIpc) is 3.55. The van der Waals surface area contributed by atoms with E-state index in [1.54, 1.807) is 40.1 Å². The van der Waals surface area contributed by atoms with Gasteiger partial charge in [0.05, 0.1) is 6.04 Å². The van der Waals surface area contributed by atoms with Crippen molar-refractivity contribution in [2.45, 2.75) is 44.4 Å². The van der Waals surface area contributed by atoms with Gasteiger partial charge in [-0.15, -0.1) is 0 Å². The number of aliphatic hydroxyl groups excluding tert-OH is 1. The average molecular weight is 485 g/mol. The molecule has 3 aromatic rings. The summed E-state index contributed by atoms with van der Waals surface area (Å²) in [6.07, 6.45) is 4.79. The second-order valence-electron chi connectivity index (χ2n) is 10.0. The molecule has 2 amide bonds. The molecule has 36 heavy (non-hydrogen) atoms. The van der Waals surface area contributed by atoms with Crippen LogP contribution in [0.25, 0.3) is 11.1 Å². The van der Waals surface area contributed by atoms with Gasteiger partial charge < -0.3 is 19.9 Å². The molecule has 2 aliphatic heterocycles. The second-order valence-corrected chi connectivity index (χ2v) is 10.0. The lowest BCUT2D eigenvalue weighted by Crippen LogP contribution is -2.52. The molecule has 2 N–H and O–H groups in total. The van der Waals surface area contributed by atoms with E-state index < -0.39 is 18.0 Å². The summed E-state index contributed by atoms with van der Waals surface area (Å²) in [4.78, 5) is 45.6. The van der Waals surface area contributed by atoms with Gasteiger partial charge in [-0.25, -0.2) is 0 Å². The number of pyridine rings is 2. The van der Waals surface area contributed by atoms with Gasteiger partial charge in [0.15, 0.2) is 0 Å². The minimum absolute atomic E-state index is 0.0404. The van der Waals surface area contributed by atoms with Crippen molar-refractivity contribution in [3.05, 3.63) is 88.1 Å². The van der Waals surface area contributed by atoms with Crippen LogP contribution in [0.2, 0.25) is 0 Å². The minimum Gasteiger partial charge on any atom is -0.396 e. The number of hydrogen-bond acceptors (Lipinski definition) is 5. The predicted octanol–water partition coefficient (Wildman–Crippen LogP) is 1.70. The highest BCUT2D eigenvalue weighted by Crippen LogP contribution is 2.49. The third-order valence-corrected chi connectivity index (χ3v) is 8.10. The molecule has 4 heterocycles. The molecule has 0 saturated carbocycles. The van der Waals surface area contributed by atoms with Crippen molar-refractivity contribution in [2.75, 3.05) is 6.61 Å². The number of benzene rings is 1. The molecule has 1 aromatic carbocycles. The number of likely N-dealkylation sites (tertiary alicyclic amines) is 1. The predicted molar refractivity (Wildman–Crippen MR) is 133 cm³/mol. The first-order chi connectivity index (χ1) is 17.5. The van der Waals surface area contributed by atoms with Crippen LogP contribution < -0.4 is 10.9 Å². The number of nitrogens with one attached hydrogen (secondary N) is 1. The molecule has 1 saturated heterocycles. The molecular formula is C28H28N4O4. The van der Waals surface area contributed by atoms with Crippen molar-refractivity contribution in [1.82, 2.24) is 19.8 Å². The summed E-state index contributed by atoms with van der Waals surface area (Å²) in [7, 11) is 0. The summed E-state index contributed by atoms with van der Waals surface area (Å²) in [5.74, 6) is -1.17. The van der Waals surface area contributed by atoms with E-state index in [0.717, 1.165) is 18.4 Å². The topological polar surface area (TPSA) is 105 Å². The van der Waals surface area contributed by atoms with E-state index in [4.69, 9.17) is 0 Å². The van der Waals surface area contributed by atoms with Gasteiger partial charge >= 0.3 is 0 Å². The van der Waals surface area contributed by atoms with Crippen LogP contribution in [0.5, 0.6) is 0 Å². The number of hydrogen-bond donors (Lipinski definition) is 2. The zero-order valence-electron chi connectivity index (χ0n) is 20.0. The van der Waals surface area contributed by atoms with E-state index in [-0.39, 0.29) is 35.9 Å². The van der Waals surface area contributed by atoms with E-state index in [9.17, 15) is 19.5 Å². The van der Waals surface area contributed by atoms with E-state index in [2.05, 4.69) is 22.4 Å². The highest BCUT2D eigenvalue weighted by Gasteiger charge is 2.56. The Morgan fingerprint density at radius 3 is 2.39 bits per heavy atom. The number of aromatic nitrogens is 2. The van der Waals surface area contributed by atoms with Crippen LogP contribution in [0, 0.1) is 11.8 Å². The van der Waals surface area contributed by atoms with Crippen LogP contribution in [-0.2, 0) is 29.0 Å². The lowest BCUT2D eigenvalue weighted by atomic mass is 9.88. The zero-order valence-corrected chi connectivity index (χ0v) is 20.0. The van der Waals surface area contributed by atoms with Crippen molar-refractivity contribution in [1.29, 1.82) is 0 Å². The first kappa shape index (κ1) is 22.7. The molecule has 4 atom stereocenters. The number of aliphatic hydroxyl groups is 1. The molecule has 1 aliphatic carbocycles. The molecule has 0 radical (unpaired) electrons. The van der Waals surface area contributed by atoms with Crippen LogP contribution in [0.15, 0.2) is 65.7 Å². The molecule has 2 aromatic heterocycles. The molecule has 1 fully saturated rings. The van der Waals surface area contributed by atoms with E-state index in [1.807, 2.05) is 18.2 Å². The molecule has 3 aliphatic rings. The van der Waals surface area contributed by atoms with Gasteiger partial charge in [0, 0.05) is 61.6 Å². The molecule has 6 rings (SSSR count). The molecule has 8 heteroatoms. The monoisotopic (exact) mass is 484 g/mol. The van der Waals surface area contributed by atoms with E-state index in [1.165, 1.54) is 18.1 Å². The first-order valence-electron chi connectivity index (χ1n) is 12.4. The standard InChI is InChI=1S/C28H28N4O4/c1-16(34)32-25-22(14-31-24(25)7-6-21(28(31)36)17-8-10-29-11-9-17)23(15-33)26(32)27(35)30-20-12-18-4-2-3-5-19(18)13-20/h2-11,20,22-23,25-26,33H,12-15H2,1H3,(H,30,35)/t22-,23-,25+,26-/m0/s1. The molecule has 0 spiro atoms. The molecule has 8 nitrogen and oxygen atoms in total. The lowest BCUT2D eigenvalue weighted by molar-refractivity contribution is -0.140. The first-order valence-corrected chi connectivity index (χ1v) is 12.4. The largest absolute Gasteiger partial charge is 0.396 e. The SMILES string of the molecule is CC(=O)N1[C@H](C(=O)NC2Cc3ccccc3C2)[C@@H](CO)[C@@H]2Cn3c(ccc(-c4ccncc4)c3=O)[C@@H]21. The van der Waals surface area contributed by atoms with Gasteiger partial charge in [0.2, 0.25) is 11.8 Å². The maximum Gasteiger partial charge on any atom is 0.258 e. The Balaban J connectivity index is 1.31. The fourth-order valence-electron chi connectivity index (χ4n) is 6.55. The van der Waals surface area contributed by atoms with Crippen LogP contribution in [0.4, 0.5) is 0 Å². The summed E-state index contributed by atoms with van der Waals surface area (Å²) < 4.78 is 1.70.